The van der Waals surface area contributed by atoms with E-state index >= 15 is 0 Å². The number of carbonyl (C=O) groups excluding carboxylic acids is 2. The topological polar surface area (TPSA) is 202 Å². The second-order valence-electron chi connectivity index (χ2n) is 14.4. The van der Waals surface area contributed by atoms with E-state index in [0.29, 0.717) is 50.3 Å². The predicted octanol–water partition coefficient (Wildman–Crippen LogP) is 2.79. The molecular formula is C36H50N4O12S. The molecule has 2 saturated heterocycles. The highest BCUT2D eigenvalue weighted by Crippen LogP contribution is 2.36. The fourth-order valence-corrected chi connectivity index (χ4v) is 8.31. The zero-order chi connectivity index (χ0) is 38.2. The molecule has 5 rings (SSSR count). The standard InChI is InChI=1S/C36H50N4O12S/c1-36(2,14-7-8-15-37-32(42)20-39(3)35(44)45)22-40(53(46,47)25-11-12-29-30(18-25)51-23-50-29)19-28(41)27(17-24-9-5-4-6-10-24)38-34(43)52-31-21-49-33-26(31)13-16-48-33/h4-6,9-12,18,26-28,31,33,41H,7-8,13-17,19-23H2,1-3H3,(H,37,42)(H,38,43)(H,44,45)/t26-,27-,28+,31-,33+/m0/s1. The van der Waals surface area contributed by atoms with Crippen molar-refractivity contribution in [2.75, 3.05) is 53.2 Å². The summed E-state index contributed by atoms with van der Waals surface area (Å²) in [5.74, 6) is 0.212. The van der Waals surface area contributed by atoms with Gasteiger partial charge in [-0.15, -0.1) is 0 Å². The number of hydrogen-bond donors (Lipinski definition) is 4. The molecule has 292 valence electrons. The summed E-state index contributed by atoms with van der Waals surface area (Å²) in [7, 11) is -2.92. The third-order valence-corrected chi connectivity index (χ3v) is 11.4. The van der Waals surface area contributed by atoms with Crippen molar-refractivity contribution in [3.05, 3.63) is 54.1 Å². The first kappa shape index (κ1) is 40.0. The maximum Gasteiger partial charge on any atom is 0.407 e. The number of aliphatic hydroxyl groups is 1. The maximum atomic E-state index is 14.4. The fourth-order valence-electron chi connectivity index (χ4n) is 6.64. The van der Waals surface area contributed by atoms with Gasteiger partial charge in [0, 0.05) is 32.7 Å². The molecule has 4 N–H and O–H groups in total. The van der Waals surface area contributed by atoms with Crippen molar-refractivity contribution in [1.82, 2.24) is 19.8 Å². The summed E-state index contributed by atoms with van der Waals surface area (Å²) < 4.78 is 57.7. The number of ether oxygens (including phenoxy) is 5. The molecule has 3 aliphatic rings. The number of sulfonamides is 1. The number of carboxylic acid groups (broad SMARTS) is 1. The third kappa shape index (κ3) is 10.9. The number of benzene rings is 2. The van der Waals surface area contributed by atoms with E-state index in [9.17, 15) is 27.9 Å². The number of likely N-dealkylation sites (N-methyl/N-ethyl adjacent to an activating group) is 1. The Morgan fingerprint density at radius 3 is 2.57 bits per heavy atom. The molecular weight excluding hydrogens is 712 g/mol. The van der Waals surface area contributed by atoms with Crippen LogP contribution < -0.4 is 20.1 Å². The average molecular weight is 763 g/mol. The zero-order valence-electron chi connectivity index (χ0n) is 30.3. The molecule has 0 spiro atoms. The van der Waals surface area contributed by atoms with Crippen LogP contribution >= 0.6 is 0 Å². The van der Waals surface area contributed by atoms with Crippen molar-refractivity contribution < 1.29 is 56.7 Å². The first-order valence-corrected chi connectivity index (χ1v) is 19.2. The molecule has 0 radical (unpaired) electrons. The minimum atomic E-state index is -4.23. The van der Waals surface area contributed by atoms with Gasteiger partial charge in [-0.3, -0.25) is 4.79 Å². The first-order valence-electron chi connectivity index (χ1n) is 17.7. The normalized spacial score (nSPS) is 20.4. The Kier molecular flexibility index (Phi) is 13.4. The monoisotopic (exact) mass is 762 g/mol. The van der Waals surface area contributed by atoms with E-state index < -0.39 is 58.1 Å². The van der Waals surface area contributed by atoms with Gasteiger partial charge in [0.05, 0.1) is 36.2 Å². The number of aliphatic hydroxyl groups excluding tert-OH is 1. The minimum Gasteiger partial charge on any atom is -0.465 e. The molecule has 5 atom stereocenters. The molecule has 2 fully saturated rings. The molecule has 0 saturated carbocycles. The highest BCUT2D eigenvalue weighted by Gasteiger charge is 2.44. The van der Waals surface area contributed by atoms with Gasteiger partial charge in [0.25, 0.3) is 0 Å². The Hall–Kier alpha value is -4.16. The third-order valence-electron chi connectivity index (χ3n) is 9.60. The number of nitrogens with one attached hydrogen (secondary N) is 2. The Labute approximate surface area is 309 Å². The molecule has 0 aromatic heterocycles. The van der Waals surface area contributed by atoms with E-state index in [2.05, 4.69) is 10.6 Å². The van der Waals surface area contributed by atoms with Crippen LogP contribution in [0.5, 0.6) is 11.5 Å². The van der Waals surface area contributed by atoms with Crippen LogP contribution in [0, 0.1) is 11.3 Å². The Morgan fingerprint density at radius 1 is 1.06 bits per heavy atom. The number of alkyl carbamates (subject to hydrolysis) is 1. The smallest absolute Gasteiger partial charge is 0.407 e. The van der Waals surface area contributed by atoms with Crippen molar-refractivity contribution in [3.63, 3.8) is 0 Å². The summed E-state index contributed by atoms with van der Waals surface area (Å²) in [6.07, 6.45) is -1.58. The summed E-state index contributed by atoms with van der Waals surface area (Å²) in [6, 6.07) is 12.7. The zero-order valence-corrected chi connectivity index (χ0v) is 31.1. The van der Waals surface area contributed by atoms with Gasteiger partial charge in [-0.25, -0.2) is 18.0 Å². The van der Waals surface area contributed by atoms with E-state index in [1.54, 1.807) is 0 Å². The van der Waals surface area contributed by atoms with Crippen LogP contribution in [0.15, 0.2) is 53.4 Å². The van der Waals surface area contributed by atoms with Crippen LogP contribution in [-0.2, 0) is 35.4 Å². The second kappa shape index (κ2) is 17.8. The molecule has 53 heavy (non-hydrogen) atoms. The minimum absolute atomic E-state index is 0.0155. The van der Waals surface area contributed by atoms with Gasteiger partial charge in [-0.1, -0.05) is 50.6 Å². The van der Waals surface area contributed by atoms with Crippen molar-refractivity contribution >= 4 is 28.1 Å². The molecule has 0 bridgehead atoms. The number of nitrogens with zero attached hydrogens (tertiary/aromatic N) is 2. The van der Waals surface area contributed by atoms with Gasteiger partial charge in [-0.05, 0) is 48.8 Å². The van der Waals surface area contributed by atoms with E-state index in [1.807, 2.05) is 44.2 Å². The van der Waals surface area contributed by atoms with Gasteiger partial charge in [-0.2, -0.15) is 4.31 Å². The van der Waals surface area contributed by atoms with Crippen molar-refractivity contribution in [3.8, 4) is 11.5 Å². The lowest BCUT2D eigenvalue weighted by Gasteiger charge is -2.35. The van der Waals surface area contributed by atoms with E-state index in [-0.39, 0.29) is 50.3 Å². The summed E-state index contributed by atoms with van der Waals surface area (Å²) in [6.45, 7) is 4.22. The van der Waals surface area contributed by atoms with Crippen LogP contribution in [0.3, 0.4) is 0 Å². The van der Waals surface area contributed by atoms with E-state index in [1.165, 1.54) is 29.6 Å². The number of hydrogen-bond acceptors (Lipinski definition) is 11. The maximum absolute atomic E-state index is 14.4. The molecule has 16 nitrogen and oxygen atoms in total. The molecule has 2 aromatic rings. The second-order valence-corrected chi connectivity index (χ2v) is 16.3. The number of carbonyl (C=O) groups is 3. The Balaban J connectivity index is 1.29. The van der Waals surface area contributed by atoms with E-state index in [4.69, 9.17) is 28.8 Å². The summed E-state index contributed by atoms with van der Waals surface area (Å²) in [4.78, 5) is 37.2. The summed E-state index contributed by atoms with van der Waals surface area (Å²) in [5.41, 5.74) is 0.220. The largest absolute Gasteiger partial charge is 0.465 e. The van der Waals surface area contributed by atoms with Crippen molar-refractivity contribution in [2.45, 2.75) is 75.4 Å². The average Bonchev–Trinajstić information content (AvgIpc) is 3.86. The SMILES string of the molecule is CN(CC(=O)NCCCCC(C)(C)CN(C[C@@H](O)[C@H](Cc1ccccc1)NC(=O)O[C@H]1CO[C@H]2OCC[C@H]21)S(=O)(=O)c1ccc2c(c1)OCO2)C(=O)O. The van der Waals surface area contributed by atoms with Crippen molar-refractivity contribution in [1.29, 1.82) is 0 Å². The lowest BCUT2D eigenvalue weighted by Crippen LogP contribution is -2.52. The number of unbranched alkanes of at least 4 members (excludes halogenated alkanes) is 1. The molecule has 2 aromatic carbocycles. The van der Waals surface area contributed by atoms with Gasteiger partial charge in [0.1, 0.15) is 12.6 Å². The molecule has 17 heteroatoms. The molecule has 3 aliphatic heterocycles. The fraction of sp³-hybridized carbons (Fsp3) is 0.583. The molecule has 3 amide bonds. The Morgan fingerprint density at radius 2 is 1.81 bits per heavy atom. The number of rotatable bonds is 18. The van der Waals surface area contributed by atoms with Crippen LogP contribution in [0.4, 0.5) is 9.59 Å². The molecule has 0 unspecified atom stereocenters. The molecule has 3 heterocycles. The summed E-state index contributed by atoms with van der Waals surface area (Å²) >= 11 is 0. The van der Waals surface area contributed by atoms with Gasteiger partial charge >= 0.3 is 12.2 Å². The summed E-state index contributed by atoms with van der Waals surface area (Å²) in [5, 5.41) is 26.3. The number of fused-ring (bicyclic) bond motifs is 2. The predicted molar refractivity (Wildman–Crippen MR) is 190 cm³/mol. The highest BCUT2D eigenvalue weighted by atomic mass is 32.2. The number of amides is 3. The van der Waals surface area contributed by atoms with Gasteiger partial charge in [0.15, 0.2) is 17.8 Å². The van der Waals surface area contributed by atoms with Crippen LogP contribution in [0.2, 0.25) is 0 Å². The van der Waals surface area contributed by atoms with Crippen LogP contribution in [0.1, 0.15) is 45.1 Å². The lowest BCUT2D eigenvalue weighted by atomic mass is 9.87. The highest BCUT2D eigenvalue weighted by molar-refractivity contribution is 7.89. The van der Waals surface area contributed by atoms with Crippen LogP contribution in [0.25, 0.3) is 0 Å². The first-order chi connectivity index (χ1) is 25.2. The lowest BCUT2D eigenvalue weighted by molar-refractivity contribution is -0.121. The van der Waals surface area contributed by atoms with Gasteiger partial charge in [0.2, 0.25) is 22.7 Å². The van der Waals surface area contributed by atoms with Crippen LogP contribution in [-0.4, -0.2) is 124 Å². The molecule has 0 aliphatic carbocycles. The van der Waals surface area contributed by atoms with Gasteiger partial charge < -0.3 is 49.4 Å². The van der Waals surface area contributed by atoms with Crippen molar-refractivity contribution in [2.24, 2.45) is 11.3 Å². The Bertz CT molecular complexity index is 1680. The quantitative estimate of drug-likeness (QED) is 0.162. The van der Waals surface area contributed by atoms with E-state index in [0.717, 1.165) is 10.5 Å².